The Hall–Kier alpha value is -2.11. The summed E-state index contributed by atoms with van der Waals surface area (Å²) in [6, 6.07) is 10.9. The van der Waals surface area contributed by atoms with E-state index in [1.807, 2.05) is 31.2 Å². The van der Waals surface area contributed by atoms with Crippen LogP contribution >= 0.6 is 0 Å². The fourth-order valence-corrected chi connectivity index (χ4v) is 2.10. The second-order valence-corrected chi connectivity index (χ2v) is 5.00. The third kappa shape index (κ3) is 3.96. The van der Waals surface area contributed by atoms with Gasteiger partial charge in [0.1, 0.15) is 11.5 Å². The number of furan rings is 1. The van der Waals surface area contributed by atoms with Gasteiger partial charge in [-0.3, -0.25) is 0 Å². The molecule has 1 atom stereocenters. The number of nitrogens with one attached hydrogen (secondary N) is 1. The third-order valence-corrected chi connectivity index (χ3v) is 3.53. The van der Waals surface area contributed by atoms with Crippen molar-refractivity contribution in [3.8, 4) is 11.3 Å². The van der Waals surface area contributed by atoms with E-state index in [-0.39, 0.29) is 18.6 Å². The summed E-state index contributed by atoms with van der Waals surface area (Å²) in [5, 5.41) is 12.4. The summed E-state index contributed by atoms with van der Waals surface area (Å²) in [7, 11) is 1.36. The highest BCUT2D eigenvalue weighted by Crippen LogP contribution is 2.22. The van der Waals surface area contributed by atoms with E-state index >= 15 is 0 Å². The van der Waals surface area contributed by atoms with Gasteiger partial charge >= 0.3 is 5.97 Å². The minimum atomic E-state index is -0.356. The molecule has 22 heavy (non-hydrogen) atoms. The van der Waals surface area contributed by atoms with Crippen LogP contribution in [-0.4, -0.2) is 30.8 Å². The summed E-state index contributed by atoms with van der Waals surface area (Å²) in [5.74, 6) is 1.19. The van der Waals surface area contributed by atoms with Crippen LogP contribution in [0.25, 0.3) is 11.3 Å². The maximum atomic E-state index is 11.4. The maximum absolute atomic E-state index is 11.4. The molecule has 2 aromatic rings. The van der Waals surface area contributed by atoms with E-state index in [0.29, 0.717) is 12.1 Å². The Morgan fingerprint density at radius 3 is 2.59 bits per heavy atom. The molecule has 1 heterocycles. The van der Waals surface area contributed by atoms with Gasteiger partial charge in [0.2, 0.25) is 0 Å². The SMILES string of the molecule is CCC(CO)NCc1ccc(-c2ccc(C(=O)OC)cc2)o1. The van der Waals surface area contributed by atoms with Gasteiger partial charge in [-0.1, -0.05) is 19.1 Å². The van der Waals surface area contributed by atoms with E-state index in [0.717, 1.165) is 23.5 Å². The van der Waals surface area contributed by atoms with Gasteiger partial charge in [0.15, 0.2) is 0 Å². The number of esters is 1. The fourth-order valence-electron chi connectivity index (χ4n) is 2.10. The minimum Gasteiger partial charge on any atom is -0.465 e. The molecule has 5 heteroatoms. The van der Waals surface area contributed by atoms with E-state index < -0.39 is 0 Å². The molecule has 0 aliphatic rings. The summed E-state index contributed by atoms with van der Waals surface area (Å²) >= 11 is 0. The molecule has 0 saturated heterocycles. The molecule has 0 aliphatic carbocycles. The maximum Gasteiger partial charge on any atom is 0.337 e. The average molecular weight is 303 g/mol. The number of benzene rings is 1. The van der Waals surface area contributed by atoms with Crippen molar-refractivity contribution < 1.29 is 19.1 Å². The first kappa shape index (κ1) is 16.3. The van der Waals surface area contributed by atoms with Crippen LogP contribution in [0.4, 0.5) is 0 Å². The Balaban J connectivity index is 2.03. The molecule has 2 N–H and O–H groups in total. The van der Waals surface area contributed by atoms with Crippen LogP contribution in [0.15, 0.2) is 40.8 Å². The fraction of sp³-hybridized carbons (Fsp3) is 0.353. The van der Waals surface area contributed by atoms with Crippen molar-refractivity contribution in [2.24, 2.45) is 0 Å². The number of hydrogen-bond donors (Lipinski definition) is 2. The van der Waals surface area contributed by atoms with Gasteiger partial charge in [-0.15, -0.1) is 0 Å². The van der Waals surface area contributed by atoms with Gasteiger partial charge in [0.05, 0.1) is 25.8 Å². The second-order valence-electron chi connectivity index (χ2n) is 5.00. The zero-order valence-corrected chi connectivity index (χ0v) is 12.8. The highest BCUT2D eigenvalue weighted by atomic mass is 16.5. The molecular formula is C17H21NO4. The van der Waals surface area contributed by atoms with Crippen LogP contribution in [0.3, 0.4) is 0 Å². The summed E-state index contributed by atoms with van der Waals surface area (Å²) in [4.78, 5) is 11.4. The minimum absolute atomic E-state index is 0.0767. The van der Waals surface area contributed by atoms with Crippen LogP contribution < -0.4 is 5.32 Å². The van der Waals surface area contributed by atoms with Crippen LogP contribution in [0.5, 0.6) is 0 Å². The summed E-state index contributed by atoms with van der Waals surface area (Å²) < 4.78 is 10.4. The first-order chi connectivity index (χ1) is 10.7. The first-order valence-corrected chi connectivity index (χ1v) is 7.29. The Morgan fingerprint density at radius 2 is 2.00 bits per heavy atom. The normalized spacial score (nSPS) is 12.1. The summed E-state index contributed by atoms with van der Waals surface area (Å²) in [6.45, 7) is 2.70. The Labute approximate surface area is 129 Å². The monoisotopic (exact) mass is 303 g/mol. The quantitative estimate of drug-likeness (QED) is 0.769. The first-order valence-electron chi connectivity index (χ1n) is 7.29. The number of aliphatic hydroxyl groups excluding tert-OH is 1. The largest absolute Gasteiger partial charge is 0.465 e. The highest BCUT2D eigenvalue weighted by Gasteiger charge is 2.09. The lowest BCUT2D eigenvalue weighted by atomic mass is 10.1. The number of rotatable bonds is 7. The lowest BCUT2D eigenvalue weighted by Gasteiger charge is -2.12. The molecule has 0 bridgehead atoms. The van der Waals surface area contributed by atoms with Gasteiger partial charge in [-0.05, 0) is 30.7 Å². The van der Waals surface area contributed by atoms with E-state index in [1.54, 1.807) is 12.1 Å². The zero-order chi connectivity index (χ0) is 15.9. The van der Waals surface area contributed by atoms with Gasteiger partial charge in [-0.25, -0.2) is 4.79 Å². The zero-order valence-electron chi connectivity index (χ0n) is 12.8. The predicted molar refractivity (Wildman–Crippen MR) is 83.5 cm³/mol. The molecule has 1 unspecified atom stereocenters. The number of hydrogen-bond acceptors (Lipinski definition) is 5. The van der Waals surface area contributed by atoms with Crippen LogP contribution in [-0.2, 0) is 11.3 Å². The van der Waals surface area contributed by atoms with Gasteiger partial charge in [0, 0.05) is 11.6 Å². The Morgan fingerprint density at radius 1 is 1.27 bits per heavy atom. The topological polar surface area (TPSA) is 71.7 Å². The van der Waals surface area contributed by atoms with Crippen molar-refractivity contribution in [2.45, 2.75) is 25.9 Å². The number of carbonyl (C=O) groups excluding carboxylic acids is 1. The van der Waals surface area contributed by atoms with Crippen molar-refractivity contribution in [2.75, 3.05) is 13.7 Å². The third-order valence-electron chi connectivity index (χ3n) is 3.53. The van der Waals surface area contributed by atoms with Crippen molar-refractivity contribution in [1.82, 2.24) is 5.32 Å². The number of carbonyl (C=O) groups is 1. The lowest BCUT2D eigenvalue weighted by Crippen LogP contribution is -2.30. The molecule has 118 valence electrons. The molecule has 5 nitrogen and oxygen atoms in total. The van der Waals surface area contributed by atoms with E-state index in [1.165, 1.54) is 7.11 Å². The van der Waals surface area contributed by atoms with E-state index in [4.69, 9.17) is 9.52 Å². The standard InChI is InChI=1S/C17H21NO4/c1-3-14(11-19)18-10-15-8-9-16(22-15)12-4-6-13(7-5-12)17(20)21-2/h4-9,14,18-19H,3,10-11H2,1-2H3. The van der Waals surface area contributed by atoms with Crippen LogP contribution in [0.2, 0.25) is 0 Å². The number of ether oxygens (including phenoxy) is 1. The second kappa shape index (κ2) is 7.77. The van der Waals surface area contributed by atoms with Gasteiger partial charge < -0.3 is 19.6 Å². The average Bonchev–Trinajstić information content (AvgIpc) is 3.04. The Bertz CT molecular complexity index is 599. The smallest absolute Gasteiger partial charge is 0.337 e. The summed E-state index contributed by atoms with van der Waals surface area (Å²) in [5.41, 5.74) is 1.40. The number of aliphatic hydroxyl groups is 1. The van der Waals surface area contributed by atoms with Crippen molar-refractivity contribution >= 4 is 5.97 Å². The van der Waals surface area contributed by atoms with Crippen molar-refractivity contribution in [1.29, 1.82) is 0 Å². The highest BCUT2D eigenvalue weighted by molar-refractivity contribution is 5.89. The molecule has 0 aliphatic heterocycles. The number of methoxy groups -OCH3 is 1. The van der Waals surface area contributed by atoms with Gasteiger partial charge in [-0.2, -0.15) is 0 Å². The molecule has 0 fully saturated rings. The Kier molecular flexibility index (Phi) is 5.75. The molecule has 0 spiro atoms. The van der Waals surface area contributed by atoms with Crippen molar-refractivity contribution in [3.05, 3.63) is 47.7 Å². The molecule has 1 aromatic carbocycles. The van der Waals surface area contributed by atoms with Crippen LogP contribution in [0, 0.1) is 0 Å². The molecule has 2 rings (SSSR count). The van der Waals surface area contributed by atoms with Crippen LogP contribution in [0.1, 0.15) is 29.5 Å². The van der Waals surface area contributed by atoms with Crippen molar-refractivity contribution in [3.63, 3.8) is 0 Å². The van der Waals surface area contributed by atoms with Gasteiger partial charge in [0.25, 0.3) is 0 Å². The lowest BCUT2D eigenvalue weighted by molar-refractivity contribution is 0.0600. The molecular weight excluding hydrogens is 282 g/mol. The predicted octanol–water partition coefficient (Wildman–Crippen LogP) is 2.59. The van der Waals surface area contributed by atoms with E-state index in [2.05, 4.69) is 10.1 Å². The molecule has 0 radical (unpaired) electrons. The van der Waals surface area contributed by atoms with E-state index in [9.17, 15) is 4.79 Å². The molecule has 0 amide bonds. The summed E-state index contributed by atoms with van der Waals surface area (Å²) in [6.07, 6.45) is 0.860. The molecule has 1 aromatic heterocycles. The molecule has 0 saturated carbocycles.